The topological polar surface area (TPSA) is 130 Å². The Balaban J connectivity index is 1.11. The molecular formula is C33H28N6O5. The lowest BCUT2D eigenvalue weighted by molar-refractivity contribution is -0.385. The fourth-order valence-corrected chi connectivity index (χ4v) is 5.18. The third-order valence-electron chi connectivity index (χ3n) is 7.32. The molecule has 0 radical (unpaired) electrons. The van der Waals surface area contributed by atoms with Crippen molar-refractivity contribution in [2.75, 3.05) is 0 Å². The molecule has 0 aliphatic carbocycles. The number of fused-ring (bicyclic) bond motifs is 1. The molecule has 0 fully saturated rings. The first-order valence-corrected chi connectivity index (χ1v) is 13.8. The number of carbonyl (C=O) groups excluding carboxylic acids is 1. The number of amides is 1. The Morgan fingerprint density at radius 3 is 2.43 bits per heavy atom. The highest BCUT2D eigenvalue weighted by molar-refractivity contribution is 6.02. The van der Waals surface area contributed by atoms with Crippen LogP contribution in [0.5, 0.6) is 5.75 Å². The predicted octanol–water partition coefficient (Wildman–Crippen LogP) is 6.59. The summed E-state index contributed by atoms with van der Waals surface area (Å²) < 4.78 is 15.6. The second-order valence-corrected chi connectivity index (χ2v) is 10.2. The van der Waals surface area contributed by atoms with Gasteiger partial charge in [0, 0.05) is 39.8 Å². The molecule has 1 N–H and O–H groups in total. The van der Waals surface area contributed by atoms with Gasteiger partial charge in [0.25, 0.3) is 5.69 Å². The highest BCUT2D eigenvalue weighted by Gasteiger charge is 2.17. The monoisotopic (exact) mass is 588 g/mol. The third kappa shape index (κ3) is 5.45. The van der Waals surface area contributed by atoms with Gasteiger partial charge in [-0.05, 0) is 81.4 Å². The maximum atomic E-state index is 12.8. The van der Waals surface area contributed by atoms with Crippen molar-refractivity contribution < 1.29 is 18.9 Å². The van der Waals surface area contributed by atoms with Crippen molar-refractivity contribution in [3.8, 4) is 17.3 Å². The van der Waals surface area contributed by atoms with Gasteiger partial charge in [-0.3, -0.25) is 19.5 Å². The van der Waals surface area contributed by atoms with Crippen LogP contribution >= 0.6 is 0 Å². The van der Waals surface area contributed by atoms with Crippen molar-refractivity contribution in [3.05, 3.63) is 135 Å². The van der Waals surface area contributed by atoms with Gasteiger partial charge in [-0.2, -0.15) is 5.10 Å². The van der Waals surface area contributed by atoms with Gasteiger partial charge >= 0.3 is 5.91 Å². The maximum absolute atomic E-state index is 12.8. The van der Waals surface area contributed by atoms with Crippen molar-refractivity contribution in [1.29, 1.82) is 0 Å². The fourth-order valence-electron chi connectivity index (χ4n) is 5.18. The predicted molar refractivity (Wildman–Crippen MR) is 166 cm³/mol. The van der Waals surface area contributed by atoms with Crippen molar-refractivity contribution >= 4 is 28.7 Å². The lowest BCUT2D eigenvalue weighted by atomic mass is 10.1. The zero-order valence-electron chi connectivity index (χ0n) is 24.2. The average molecular weight is 589 g/mol. The molecule has 4 heterocycles. The second kappa shape index (κ2) is 11.7. The summed E-state index contributed by atoms with van der Waals surface area (Å²) in [4.78, 5) is 27.6. The Morgan fingerprint density at radius 1 is 0.977 bits per heavy atom. The fraction of sp³-hybridized carbons (Fsp3) is 0.121. The first-order valence-electron chi connectivity index (χ1n) is 13.8. The SMILES string of the molecule is Cc1ccc(C)n1-c1ccc(OCc2ccc(C(=O)N/N=C/c3c(C)n(-c4ccc([N+](=O)[O-])cn4)c4ccccc34)o2)cc1. The van der Waals surface area contributed by atoms with Gasteiger partial charge in [0.15, 0.2) is 5.76 Å². The first kappa shape index (κ1) is 28.2. The maximum Gasteiger partial charge on any atom is 0.307 e. The van der Waals surface area contributed by atoms with Crippen molar-refractivity contribution in [2.45, 2.75) is 27.4 Å². The van der Waals surface area contributed by atoms with Crippen molar-refractivity contribution in [2.24, 2.45) is 5.10 Å². The number of nitro groups is 1. The highest BCUT2D eigenvalue weighted by Crippen LogP contribution is 2.28. The van der Waals surface area contributed by atoms with Crippen molar-refractivity contribution in [1.82, 2.24) is 19.5 Å². The summed E-state index contributed by atoms with van der Waals surface area (Å²) in [6.45, 7) is 6.18. The molecule has 0 aliphatic heterocycles. The average Bonchev–Trinajstić information content (AvgIpc) is 3.72. The number of hydrogen-bond acceptors (Lipinski definition) is 7. The van der Waals surface area contributed by atoms with Gasteiger partial charge < -0.3 is 13.7 Å². The summed E-state index contributed by atoms with van der Waals surface area (Å²) in [5.74, 6) is 1.30. The van der Waals surface area contributed by atoms with Crippen LogP contribution in [0.3, 0.4) is 0 Å². The van der Waals surface area contributed by atoms with Crippen LogP contribution in [0.15, 0.2) is 101 Å². The molecule has 0 aliphatic rings. The number of para-hydroxylation sites is 1. The van der Waals surface area contributed by atoms with Crippen LogP contribution < -0.4 is 10.2 Å². The van der Waals surface area contributed by atoms with Gasteiger partial charge in [0.05, 0.1) is 16.7 Å². The summed E-state index contributed by atoms with van der Waals surface area (Å²) in [6, 6.07) is 25.9. The molecule has 11 nitrogen and oxygen atoms in total. The summed E-state index contributed by atoms with van der Waals surface area (Å²) >= 11 is 0. The van der Waals surface area contributed by atoms with Gasteiger partial charge in [-0.25, -0.2) is 10.4 Å². The van der Waals surface area contributed by atoms with E-state index >= 15 is 0 Å². The highest BCUT2D eigenvalue weighted by atomic mass is 16.6. The van der Waals surface area contributed by atoms with Gasteiger partial charge in [-0.15, -0.1) is 0 Å². The molecule has 0 unspecified atom stereocenters. The Kier molecular flexibility index (Phi) is 7.51. The lowest BCUT2D eigenvalue weighted by Crippen LogP contribution is -2.16. The van der Waals surface area contributed by atoms with Gasteiger partial charge in [0.2, 0.25) is 0 Å². The number of rotatable bonds is 9. The number of hydrazone groups is 1. The summed E-state index contributed by atoms with van der Waals surface area (Å²) in [6.07, 6.45) is 2.79. The minimum Gasteiger partial charge on any atom is -0.486 e. The zero-order valence-corrected chi connectivity index (χ0v) is 24.2. The minimum atomic E-state index is -0.507. The van der Waals surface area contributed by atoms with Crippen LogP contribution in [0.25, 0.3) is 22.4 Å². The molecule has 1 amide bonds. The number of aryl methyl sites for hydroxylation is 2. The molecule has 0 atom stereocenters. The largest absolute Gasteiger partial charge is 0.486 e. The number of carbonyl (C=O) groups is 1. The Hall–Kier alpha value is -5.97. The molecule has 0 saturated carbocycles. The Morgan fingerprint density at radius 2 is 1.73 bits per heavy atom. The normalized spacial score (nSPS) is 11.3. The van der Waals surface area contributed by atoms with Crippen LogP contribution in [0, 0.1) is 30.9 Å². The molecule has 2 aromatic carbocycles. The van der Waals surface area contributed by atoms with E-state index in [-0.39, 0.29) is 18.1 Å². The molecule has 4 aromatic heterocycles. The number of benzene rings is 2. The van der Waals surface area contributed by atoms with Gasteiger partial charge in [0.1, 0.15) is 30.1 Å². The second-order valence-electron chi connectivity index (χ2n) is 10.2. The summed E-state index contributed by atoms with van der Waals surface area (Å²) in [7, 11) is 0. The number of furan rings is 1. The Labute approximate surface area is 252 Å². The van der Waals surface area contributed by atoms with E-state index in [0.29, 0.717) is 17.3 Å². The zero-order chi connectivity index (χ0) is 30.8. The number of nitrogens with zero attached hydrogens (tertiary/aromatic N) is 5. The molecule has 220 valence electrons. The minimum absolute atomic E-state index is 0.0903. The summed E-state index contributed by atoms with van der Waals surface area (Å²) in [5.41, 5.74) is 8.21. The number of hydrogen-bond donors (Lipinski definition) is 1. The van der Waals surface area contributed by atoms with E-state index in [1.165, 1.54) is 12.3 Å². The molecule has 0 bridgehead atoms. The first-order chi connectivity index (χ1) is 21.3. The molecule has 11 heteroatoms. The standard InChI is InChI=1S/C33H28N6O5/c1-21-8-9-22(2)37(21)24-10-13-26(14-11-24)43-20-27-15-16-31(44-27)33(40)36-35-19-29-23(3)38(30-7-5-4-6-28(29)30)32-17-12-25(18-34-32)39(41)42/h4-19H,20H2,1-3H3,(H,36,40)/b35-19+. The molecule has 0 spiro atoms. The van der Waals surface area contributed by atoms with Gasteiger partial charge in [-0.1, -0.05) is 18.2 Å². The van der Waals surface area contributed by atoms with Crippen LogP contribution in [-0.2, 0) is 6.61 Å². The third-order valence-corrected chi connectivity index (χ3v) is 7.32. The number of aromatic nitrogens is 3. The van der Waals surface area contributed by atoms with E-state index in [1.807, 2.05) is 60.0 Å². The lowest BCUT2D eigenvalue weighted by Gasteiger charge is -2.10. The van der Waals surface area contributed by atoms with E-state index in [0.717, 1.165) is 39.2 Å². The van der Waals surface area contributed by atoms with E-state index in [1.54, 1.807) is 24.4 Å². The number of ether oxygens (including phenoxy) is 1. The van der Waals surface area contributed by atoms with Crippen LogP contribution in [0.1, 0.15) is 39.0 Å². The summed E-state index contributed by atoms with van der Waals surface area (Å²) in [5, 5.41) is 16.1. The quantitative estimate of drug-likeness (QED) is 0.115. The molecule has 44 heavy (non-hydrogen) atoms. The van der Waals surface area contributed by atoms with Crippen LogP contribution in [0.2, 0.25) is 0 Å². The number of pyridine rings is 1. The molecule has 6 rings (SSSR count). The van der Waals surface area contributed by atoms with Crippen LogP contribution in [-0.4, -0.2) is 31.2 Å². The Bertz CT molecular complexity index is 2000. The van der Waals surface area contributed by atoms with Crippen molar-refractivity contribution in [3.63, 3.8) is 0 Å². The molecule has 0 saturated heterocycles. The van der Waals surface area contributed by atoms with E-state index in [4.69, 9.17) is 9.15 Å². The van der Waals surface area contributed by atoms with E-state index < -0.39 is 10.8 Å². The smallest absolute Gasteiger partial charge is 0.307 e. The number of nitrogens with one attached hydrogen (secondary N) is 1. The van der Waals surface area contributed by atoms with E-state index in [2.05, 4.69) is 46.1 Å². The molecule has 6 aromatic rings. The van der Waals surface area contributed by atoms with E-state index in [9.17, 15) is 14.9 Å². The van der Waals surface area contributed by atoms with Crippen LogP contribution in [0.4, 0.5) is 5.69 Å². The molecular weight excluding hydrogens is 560 g/mol.